The molecule has 10 heteroatoms. The highest BCUT2D eigenvalue weighted by Crippen LogP contribution is 2.29. The van der Waals surface area contributed by atoms with E-state index in [9.17, 15) is 22.8 Å². The summed E-state index contributed by atoms with van der Waals surface area (Å²) in [6.07, 6.45) is 0. The maximum absolute atomic E-state index is 11.8. The van der Waals surface area contributed by atoms with E-state index in [-0.39, 0.29) is 37.2 Å². The maximum atomic E-state index is 11.8. The van der Waals surface area contributed by atoms with E-state index in [1.807, 2.05) is 0 Å². The normalized spacial score (nSPS) is 11.2. The number of alkyl halides is 3. The van der Waals surface area contributed by atoms with Crippen molar-refractivity contribution < 1.29 is 32.6 Å². The maximum Gasteiger partial charge on any atom is 0.441 e. The molecule has 2 amide bonds. The van der Waals surface area contributed by atoms with Gasteiger partial charge in [0.25, 0.3) is 0 Å². The second-order valence-corrected chi connectivity index (χ2v) is 4.49. The molecule has 112 valence electrons. The van der Waals surface area contributed by atoms with E-state index in [2.05, 4.69) is 5.32 Å². The van der Waals surface area contributed by atoms with Crippen LogP contribution in [0.25, 0.3) is 0 Å². The Hall–Kier alpha value is -1.16. The number of carboxylic acids is 1. The molecule has 6 nitrogen and oxygen atoms in total. The van der Waals surface area contributed by atoms with Gasteiger partial charge in [-0.2, -0.15) is 13.2 Å². The number of thioether (sulfide) groups is 1. The number of methoxy groups -OCH3 is 1. The summed E-state index contributed by atoms with van der Waals surface area (Å²) < 4.78 is 40.2. The average Bonchev–Trinajstić information content (AvgIpc) is 2.28. The highest BCUT2D eigenvalue weighted by Gasteiger charge is 2.27. The molecule has 0 heterocycles. The first-order valence-corrected chi connectivity index (χ1v) is 6.19. The summed E-state index contributed by atoms with van der Waals surface area (Å²) in [7, 11) is 1.39. The second kappa shape index (κ2) is 8.86. The summed E-state index contributed by atoms with van der Waals surface area (Å²) in [5.41, 5.74) is -4.35. The van der Waals surface area contributed by atoms with E-state index in [0.717, 1.165) is 4.90 Å². The summed E-state index contributed by atoms with van der Waals surface area (Å²) in [4.78, 5) is 23.0. The van der Waals surface area contributed by atoms with Gasteiger partial charge >= 0.3 is 17.5 Å². The molecule has 0 bridgehead atoms. The van der Waals surface area contributed by atoms with Crippen LogP contribution in [0.4, 0.5) is 18.0 Å². The van der Waals surface area contributed by atoms with Crippen LogP contribution in [0.5, 0.6) is 0 Å². The minimum absolute atomic E-state index is 0.0427. The second-order valence-electron chi connectivity index (χ2n) is 3.33. The van der Waals surface area contributed by atoms with Crippen LogP contribution in [0.1, 0.15) is 0 Å². The third-order valence-electron chi connectivity index (χ3n) is 1.82. The Labute approximate surface area is 112 Å². The van der Waals surface area contributed by atoms with Gasteiger partial charge in [0.2, 0.25) is 0 Å². The predicted octanol–water partition coefficient (Wildman–Crippen LogP) is 0.982. The zero-order chi connectivity index (χ0) is 14.9. The number of carbonyl (C=O) groups excluding carboxylic acids is 1. The molecule has 19 heavy (non-hydrogen) atoms. The van der Waals surface area contributed by atoms with Gasteiger partial charge < -0.3 is 20.1 Å². The first kappa shape index (κ1) is 17.8. The number of hydrogen-bond acceptors (Lipinski definition) is 4. The standard InChI is InChI=1S/C9H15F3N2O4S/c1-18-4-3-14(6-7(15)16)8(17)13-2-5-19-9(10,11)12/h2-6H2,1H3,(H,13,17)(H,15,16). The van der Waals surface area contributed by atoms with E-state index in [1.54, 1.807) is 0 Å². The van der Waals surface area contributed by atoms with E-state index in [0.29, 0.717) is 0 Å². The number of ether oxygens (including phenoxy) is 1. The van der Waals surface area contributed by atoms with Gasteiger partial charge in [-0.1, -0.05) is 0 Å². The van der Waals surface area contributed by atoms with Gasteiger partial charge in [0.05, 0.1) is 6.61 Å². The number of nitrogens with zero attached hydrogens (tertiary/aromatic N) is 1. The zero-order valence-corrected chi connectivity index (χ0v) is 11.0. The lowest BCUT2D eigenvalue weighted by Gasteiger charge is -2.20. The van der Waals surface area contributed by atoms with Gasteiger partial charge in [0.1, 0.15) is 6.54 Å². The van der Waals surface area contributed by atoms with Crippen molar-refractivity contribution in [2.75, 3.05) is 39.1 Å². The molecule has 0 saturated heterocycles. The Morgan fingerprint density at radius 2 is 2.05 bits per heavy atom. The molecule has 2 N–H and O–H groups in total. The highest BCUT2D eigenvalue weighted by molar-refractivity contribution is 8.00. The van der Waals surface area contributed by atoms with E-state index >= 15 is 0 Å². The lowest BCUT2D eigenvalue weighted by molar-refractivity contribution is -0.137. The lowest BCUT2D eigenvalue weighted by atomic mass is 10.5. The Morgan fingerprint density at radius 3 is 2.53 bits per heavy atom. The monoisotopic (exact) mass is 304 g/mol. The Balaban J connectivity index is 4.06. The molecular formula is C9H15F3N2O4S. The fourth-order valence-corrected chi connectivity index (χ4v) is 1.49. The number of urea groups is 1. The number of hydrogen-bond donors (Lipinski definition) is 2. The van der Waals surface area contributed by atoms with Crippen LogP contribution in [0.2, 0.25) is 0 Å². The number of rotatable bonds is 8. The topological polar surface area (TPSA) is 78.9 Å². The Morgan fingerprint density at radius 1 is 1.42 bits per heavy atom. The lowest BCUT2D eigenvalue weighted by Crippen LogP contribution is -2.45. The highest BCUT2D eigenvalue weighted by atomic mass is 32.2. The van der Waals surface area contributed by atoms with E-state index < -0.39 is 24.1 Å². The van der Waals surface area contributed by atoms with Gasteiger partial charge in [-0.15, -0.1) is 0 Å². The Kier molecular flexibility index (Phi) is 8.32. The van der Waals surface area contributed by atoms with Crippen LogP contribution in [-0.4, -0.2) is 66.6 Å². The van der Waals surface area contributed by atoms with Gasteiger partial charge in [-0.3, -0.25) is 4.79 Å². The van der Waals surface area contributed by atoms with Gasteiger partial charge in [0.15, 0.2) is 0 Å². The molecule has 0 aliphatic carbocycles. The third-order valence-corrected chi connectivity index (χ3v) is 2.56. The quantitative estimate of drug-likeness (QED) is 0.654. The van der Waals surface area contributed by atoms with Crippen molar-refractivity contribution in [2.45, 2.75) is 5.51 Å². The first-order chi connectivity index (χ1) is 8.76. The molecule has 0 aromatic heterocycles. The van der Waals surface area contributed by atoms with Crippen LogP contribution in [0, 0.1) is 0 Å². The van der Waals surface area contributed by atoms with Crippen molar-refractivity contribution in [2.24, 2.45) is 0 Å². The van der Waals surface area contributed by atoms with Gasteiger partial charge in [-0.05, 0) is 11.8 Å². The molecule has 0 aliphatic heterocycles. The summed E-state index contributed by atoms with van der Waals surface area (Å²) >= 11 is -0.255. The molecule has 0 aliphatic rings. The Bertz CT molecular complexity index is 302. The number of halogens is 3. The minimum Gasteiger partial charge on any atom is -0.480 e. The fourth-order valence-electron chi connectivity index (χ4n) is 1.05. The first-order valence-electron chi connectivity index (χ1n) is 5.20. The summed E-state index contributed by atoms with van der Waals surface area (Å²) in [5, 5.41) is 10.8. The average molecular weight is 304 g/mol. The van der Waals surface area contributed by atoms with Crippen LogP contribution in [0.3, 0.4) is 0 Å². The van der Waals surface area contributed by atoms with Crippen molar-refractivity contribution in [3.05, 3.63) is 0 Å². The zero-order valence-electron chi connectivity index (χ0n) is 10.2. The smallest absolute Gasteiger partial charge is 0.441 e. The van der Waals surface area contributed by atoms with Crippen molar-refractivity contribution in [1.82, 2.24) is 10.2 Å². The number of carbonyl (C=O) groups is 2. The summed E-state index contributed by atoms with van der Waals surface area (Å²) in [6.45, 7) is -0.563. The SMILES string of the molecule is COCCN(CC(=O)O)C(=O)NCCSC(F)(F)F. The molecule has 0 aromatic carbocycles. The fraction of sp³-hybridized carbons (Fsp3) is 0.778. The molecule has 0 unspecified atom stereocenters. The molecule has 0 spiro atoms. The summed E-state index contributed by atoms with van der Waals surface area (Å²) in [6, 6.07) is -0.734. The van der Waals surface area contributed by atoms with Crippen LogP contribution < -0.4 is 5.32 Å². The molecule has 0 aromatic rings. The minimum atomic E-state index is -4.35. The number of aliphatic carboxylic acids is 1. The number of carboxylic acid groups (broad SMARTS) is 1. The van der Waals surface area contributed by atoms with Crippen molar-refractivity contribution >= 4 is 23.8 Å². The van der Waals surface area contributed by atoms with Crippen LogP contribution in [-0.2, 0) is 9.53 Å². The number of amides is 2. The van der Waals surface area contributed by atoms with Gasteiger partial charge in [-0.25, -0.2) is 4.79 Å². The van der Waals surface area contributed by atoms with Crippen LogP contribution in [0.15, 0.2) is 0 Å². The van der Waals surface area contributed by atoms with Crippen molar-refractivity contribution in [3.8, 4) is 0 Å². The predicted molar refractivity (Wildman–Crippen MR) is 63.0 cm³/mol. The van der Waals surface area contributed by atoms with Gasteiger partial charge in [0, 0.05) is 26.0 Å². The molecular weight excluding hydrogens is 289 g/mol. The van der Waals surface area contributed by atoms with Crippen molar-refractivity contribution in [1.29, 1.82) is 0 Å². The molecule has 0 saturated carbocycles. The molecule has 0 fully saturated rings. The van der Waals surface area contributed by atoms with E-state index in [4.69, 9.17) is 9.84 Å². The summed E-state index contributed by atoms with van der Waals surface area (Å²) in [5.74, 6) is -1.55. The van der Waals surface area contributed by atoms with E-state index in [1.165, 1.54) is 7.11 Å². The number of nitrogens with one attached hydrogen (secondary N) is 1. The molecule has 0 atom stereocenters. The molecule has 0 rings (SSSR count). The molecule has 0 radical (unpaired) electrons. The van der Waals surface area contributed by atoms with Crippen LogP contribution >= 0.6 is 11.8 Å². The third kappa shape index (κ3) is 10.4. The van der Waals surface area contributed by atoms with Crippen molar-refractivity contribution in [3.63, 3.8) is 0 Å². The largest absolute Gasteiger partial charge is 0.480 e.